The highest BCUT2D eigenvalue weighted by Crippen LogP contribution is 2.28. The first-order valence-electron chi connectivity index (χ1n) is 6.71. The molecule has 3 aromatic rings. The Labute approximate surface area is 118 Å². The fraction of sp³-hybridized carbons (Fsp3) is 0.250. The van der Waals surface area contributed by atoms with Crippen LogP contribution in [0.15, 0.2) is 42.7 Å². The molecule has 0 spiro atoms. The van der Waals surface area contributed by atoms with E-state index in [2.05, 4.69) is 46.6 Å². The molecule has 1 aromatic carbocycles. The molecular formula is C16H18N4. The number of fused-ring (bicyclic) bond motifs is 1. The predicted molar refractivity (Wildman–Crippen MR) is 80.6 cm³/mol. The van der Waals surface area contributed by atoms with Crippen molar-refractivity contribution in [2.24, 2.45) is 7.05 Å². The summed E-state index contributed by atoms with van der Waals surface area (Å²) in [6.07, 6.45) is 3.77. The van der Waals surface area contributed by atoms with Gasteiger partial charge in [-0.05, 0) is 25.6 Å². The third-order valence-corrected chi connectivity index (χ3v) is 3.85. The molecule has 2 aromatic heterocycles. The molecule has 0 aliphatic carbocycles. The number of nitrogens with one attached hydrogen (secondary N) is 1. The zero-order valence-electron chi connectivity index (χ0n) is 12.0. The standard InChI is InChI=1S/C16H18N4/c1-11-14(10-19-20(11)3)16(17-2)13-8-4-6-12-7-5-9-18-15(12)13/h4-10,16-17H,1-3H3. The summed E-state index contributed by atoms with van der Waals surface area (Å²) in [4.78, 5) is 4.54. The Balaban J connectivity index is 2.19. The number of para-hydroxylation sites is 1. The van der Waals surface area contributed by atoms with Gasteiger partial charge >= 0.3 is 0 Å². The van der Waals surface area contributed by atoms with Crippen LogP contribution in [0.1, 0.15) is 22.9 Å². The van der Waals surface area contributed by atoms with E-state index in [-0.39, 0.29) is 6.04 Å². The Morgan fingerprint density at radius 3 is 2.65 bits per heavy atom. The largest absolute Gasteiger partial charge is 0.309 e. The van der Waals surface area contributed by atoms with Crippen LogP contribution in [-0.2, 0) is 7.05 Å². The number of rotatable bonds is 3. The Morgan fingerprint density at radius 1 is 1.15 bits per heavy atom. The fourth-order valence-corrected chi connectivity index (χ4v) is 2.64. The van der Waals surface area contributed by atoms with Gasteiger partial charge in [0, 0.05) is 29.9 Å². The van der Waals surface area contributed by atoms with Gasteiger partial charge in [-0.25, -0.2) is 0 Å². The Morgan fingerprint density at radius 2 is 1.95 bits per heavy atom. The second-order valence-corrected chi connectivity index (χ2v) is 4.95. The molecular weight excluding hydrogens is 248 g/mol. The van der Waals surface area contributed by atoms with Crippen molar-refractivity contribution >= 4 is 10.9 Å². The first-order valence-corrected chi connectivity index (χ1v) is 6.71. The van der Waals surface area contributed by atoms with Gasteiger partial charge in [0.25, 0.3) is 0 Å². The van der Waals surface area contributed by atoms with Crippen molar-refractivity contribution < 1.29 is 0 Å². The lowest BCUT2D eigenvalue weighted by molar-refractivity contribution is 0.682. The SMILES string of the molecule is CNC(c1cnn(C)c1C)c1cccc2cccnc12. The number of nitrogens with zero attached hydrogens (tertiary/aromatic N) is 3. The summed E-state index contributed by atoms with van der Waals surface area (Å²) >= 11 is 0. The lowest BCUT2D eigenvalue weighted by atomic mass is 9.97. The van der Waals surface area contributed by atoms with E-state index in [9.17, 15) is 0 Å². The van der Waals surface area contributed by atoms with Crippen LogP contribution in [0.5, 0.6) is 0 Å². The topological polar surface area (TPSA) is 42.7 Å². The van der Waals surface area contributed by atoms with E-state index in [1.807, 2.05) is 37.2 Å². The van der Waals surface area contributed by atoms with Gasteiger partial charge in [-0.15, -0.1) is 0 Å². The predicted octanol–water partition coefficient (Wildman–Crippen LogP) is 2.59. The fourth-order valence-electron chi connectivity index (χ4n) is 2.64. The van der Waals surface area contributed by atoms with Crippen molar-refractivity contribution in [1.82, 2.24) is 20.1 Å². The van der Waals surface area contributed by atoms with Crippen molar-refractivity contribution in [1.29, 1.82) is 0 Å². The Hall–Kier alpha value is -2.20. The number of benzene rings is 1. The van der Waals surface area contributed by atoms with Gasteiger partial charge in [0.15, 0.2) is 0 Å². The molecule has 0 aliphatic rings. The van der Waals surface area contributed by atoms with E-state index in [0.717, 1.165) is 16.6 Å². The first kappa shape index (κ1) is 12.8. The number of aryl methyl sites for hydroxylation is 1. The highest BCUT2D eigenvalue weighted by Gasteiger charge is 2.19. The van der Waals surface area contributed by atoms with Crippen molar-refractivity contribution in [3.8, 4) is 0 Å². The smallest absolute Gasteiger partial charge is 0.0753 e. The minimum absolute atomic E-state index is 0.0994. The summed E-state index contributed by atoms with van der Waals surface area (Å²) in [5.41, 5.74) is 4.57. The lowest BCUT2D eigenvalue weighted by Crippen LogP contribution is -2.19. The van der Waals surface area contributed by atoms with Gasteiger partial charge in [-0.1, -0.05) is 24.3 Å². The number of aromatic nitrogens is 3. The molecule has 1 N–H and O–H groups in total. The number of hydrogen-bond acceptors (Lipinski definition) is 3. The maximum atomic E-state index is 4.54. The zero-order valence-corrected chi connectivity index (χ0v) is 12.0. The molecule has 0 aliphatic heterocycles. The molecule has 3 rings (SSSR count). The van der Waals surface area contributed by atoms with Crippen LogP contribution in [0.3, 0.4) is 0 Å². The van der Waals surface area contributed by atoms with Gasteiger partial charge in [0.1, 0.15) is 0 Å². The van der Waals surface area contributed by atoms with Crippen molar-refractivity contribution in [3.05, 3.63) is 59.5 Å². The molecule has 0 radical (unpaired) electrons. The average molecular weight is 266 g/mol. The van der Waals surface area contributed by atoms with Gasteiger partial charge in [-0.2, -0.15) is 5.10 Å². The van der Waals surface area contributed by atoms with E-state index in [1.54, 1.807) is 0 Å². The van der Waals surface area contributed by atoms with E-state index in [1.165, 1.54) is 11.1 Å². The highest BCUT2D eigenvalue weighted by atomic mass is 15.3. The number of pyridine rings is 1. The molecule has 4 nitrogen and oxygen atoms in total. The molecule has 2 heterocycles. The summed E-state index contributed by atoms with van der Waals surface area (Å²) in [5.74, 6) is 0. The third kappa shape index (κ3) is 1.98. The van der Waals surface area contributed by atoms with Crippen molar-refractivity contribution in [2.45, 2.75) is 13.0 Å². The Kier molecular flexibility index (Phi) is 3.24. The van der Waals surface area contributed by atoms with Gasteiger partial charge in [0.2, 0.25) is 0 Å². The summed E-state index contributed by atoms with van der Waals surface area (Å²) in [6.45, 7) is 2.09. The van der Waals surface area contributed by atoms with Crippen LogP contribution < -0.4 is 5.32 Å². The van der Waals surface area contributed by atoms with Gasteiger partial charge in [-0.3, -0.25) is 9.67 Å². The monoisotopic (exact) mass is 266 g/mol. The molecule has 20 heavy (non-hydrogen) atoms. The average Bonchev–Trinajstić information content (AvgIpc) is 2.81. The normalized spacial score (nSPS) is 12.8. The molecule has 0 saturated carbocycles. The third-order valence-electron chi connectivity index (χ3n) is 3.85. The van der Waals surface area contributed by atoms with Crippen LogP contribution in [0, 0.1) is 6.92 Å². The van der Waals surface area contributed by atoms with E-state index >= 15 is 0 Å². The van der Waals surface area contributed by atoms with Crippen LogP contribution in [0.2, 0.25) is 0 Å². The van der Waals surface area contributed by atoms with Crippen molar-refractivity contribution in [2.75, 3.05) is 7.05 Å². The molecule has 0 amide bonds. The maximum Gasteiger partial charge on any atom is 0.0753 e. The quantitative estimate of drug-likeness (QED) is 0.792. The highest BCUT2D eigenvalue weighted by molar-refractivity contribution is 5.82. The molecule has 4 heteroatoms. The van der Waals surface area contributed by atoms with E-state index < -0.39 is 0 Å². The maximum absolute atomic E-state index is 4.54. The van der Waals surface area contributed by atoms with Crippen LogP contribution >= 0.6 is 0 Å². The second kappa shape index (κ2) is 5.06. The number of hydrogen-bond donors (Lipinski definition) is 1. The second-order valence-electron chi connectivity index (χ2n) is 4.95. The van der Waals surface area contributed by atoms with Crippen LogP contribution in [-0.4, -0.2) is 21.8 Å². The molecule has 102 valence electrons. The van der Waals surface area contributed by atoms with E-state index in [4.69, 9.17) is 0 Å². The summed E-state index contributed by atoms with van der Waals surface area (Å²) in [7, 11) is 3.94. The van der Waals surface area contributed by atoms with Gasteiger partial charge in [0.05, 0.1) is 17.8 Å². The molecule has 0 bridgehead atoms. The molecule has 0 fully saturated rings. The summed E-state index contributed by atoms with van der Waals surface area (Å²) < 4.78 is 1.90. The minimum atomic E-state index is 0.0994. The zero-order chi connectivity index (χ0) is 14.1. The van der Waals surface area contributed by atoms with Crippen LogP contribution in [0.4, 0.5) is 0 Å². The Bertz CT molecular complexity index is 740. The first-order chi connectivity index (χ1) is 9.72. The summed E-state index contributed by atoms with van der Waals surface area (Å²) in [6, 6.07) is 10.5. The lowest BCUT2D eigenvalue weighted by Gasteiger charge is -2.18. The summed E-state index contributed by atoms with van der Waals surface area (Å²) in [5, 5.41) is 8.89. The van der Waals surface area contributed by atoms with E-state index in [0.29, 0.717) is 0 Å². The molecule has 1 atom stereocenters. The minimum Gasteiger partial charge on any atom is -0.309 e. The van der Waals surface area contributed by atoms with Crippen LogP contribution in [0.25, 0.3) is 10.9 Å². The molecule has 1 unspecified atom stereocenters. The molecule has 0 saturated heterocycles. The van der Waals surface area contributed by atoms with Crippen molar-refractivity contribution in [3.63, 3.8) is 0 Å². The van der Waals surface area contributed by atoms with Gasteiger partial charge < -0.3 is 5.32 Å².